The van der Waals surface area contributed by atoms with Crippen molar-refractivity contribution in [3.05, 3.63) is 275 Å². The summed E-state index contributed by atoms with van der Waals surface area (Å²) in [7, 11) is 0. The summed E-state index contributed by atoms with van der Waals surface area (Å²) in [5.41, 5.74) is 25.7. The van der Waals surface area contributed by atoms with E-state index in [1.54, 1.807) is 0 Å². The van der Waals surface area contributed by atoms with Gasteiger partial charge in [0.1, 0.15) is 11.2 Å². The predicted molar refractivity (Wildman–Crippen MR) is 347 cm³/mol. The molecule has 0 bridgehead atoms. The van der Waals surface area contributed by atoms with Crippen LogP contribution in [0.1, 0.15) is 77.5 Å². The van der Waals surface area contributed by atoms with Crippen LogP contribution in [0, 0.1) is 0 Å². The molecule has 6 aliphatic rings. The van der Waals surface area contributed by atoms with E-state index in [0.29, 0.717) is 0 Å². The zero-order chi connectivity index (χ0) is 54.7. The molecule has 8 aromatic carbocycles. The molecule has 6 heteroatoms. The van der Waals surface area contributed by atoms with Gasteiger partial charge in [0, 0.05) is 83.8 Å². The van der Waals surface area contributed by atoms with Crippen molar-refractivity contribution in [1.82, 2.24) is 8.97 Å². The Kier molecular flexibility index (Phi) is 9.83. The highest BCUT2D eigenvalue weighted by Gasteiger charge is 2.41. The third-order valence-electron chi connectivity index (χ3n) is 19.4. The molecule has 0 saturated carbocycles. The lowest BCUT2D eigenvalue weighted by atomic mass is 9.85. The molecule has 84 heavy (non-hydrogen) atoms. The number of benzene rings is 8. The number of hydrogen-bond donors (Lipinski definition) is 0. The van der Waals surface area contributed by atoms with Gasteiger partial charge in [-0.2, -0.15) is 0 Å². The molecule has 0 saturated heterocycles. The number of aromatic nitrogens is 2. The van der Waals surface area contributed by atoms with Gasteiger partial charge in [0.2, 0.25) is 0 Å². The molecule has 13 aromatic rings. The van der Waals surface area contributed by atoms with Crippen molar-refractivity contribution in [3.8, 4) is 11.1 Å². The van der Waals surface area contributed by atoms with E-state index in [2.05, 4.69) is 249 Å². The number of fused-ring (bicyclic) bond motifs is 18. The molecule has 6 nitrogen and oxygen atoms in total. The zero-order valence-corrected chi connectivity index (χ0v) is 46.4. The van der Waals surface area contributed by atoms with Crippen LogP contribution in [0.5, 0.6) is 0 Å². The monoisotopic (exact) mass is 1080 g/mol. The first-order chi connectivity index (χ1) is 41.7. The second-order valence-electron chi connectivity index (χ2n) is 23.8. The molecule has 0 spiro atoms. The van der Waals surface area contributed by atoms with Crippen LogP contribution in [-0.4, -0.2) is 15.0 Å². The molecule has 0 radical (unpaired) electrons. The maximum Gasteiger partial charge on any atom is 0.155 e. The molecule has 0 fully saturated rings. The van der Waals surface area contributed by atoms with Gasteiger partial charge in [-0.05, 0) is 127 Å². The van der Waals surface area contributed by atoms with Crippen molar-refractivity contribution in [2.45, 2.75) is 63.3 Å². The number of furan rings is 2. The van der Waals surface area contributed by atoms with Crippen molar-refractivity contribution < 1.29 is 8.83 Å². The van der Waals surface area contributed by atoms with Crippen LogP contribution in [0.15, 0.2) is 245 Å². The summed E-state index contributed by atoms with van der Waals surface area (Å²) in [5.74, 6) is 2.10. The van der Waals surface area contributed by atoms with Crippen molar-refractivity contribution in [3.63, 3.8) is 0 Å². The number of allylic oxidation sites excluding steroid dienone is 9. The average molecular weight is 1080 g/mol. The SMILES string of the molecule is C1=CC(C2=CC(N(C3=CCCc4c3oc3ccccc43)c3ccc4c5c(n6c7ccccc7c3c46)CC3C(=C5)n4c5ccccc5c5c(N(C6=CCCc7c6oc6ccccc76)c6cccc(-c7ccccc7)c6)ccc3c54)CC=C2)=CCC1. The molecule has 400 valence electrons. The fraction of sp³-hybridized carbons (Fsp3) is 0.128. The van der Waals surface area contributed by atoms with E-state index in [4.69, 9.17) is 8.83 Å². The Morgan fingerprint density at radius 1 is 0.500 bits per heavy atom. The minimum absolute atomic E-state index is 0.0531. The first kappa shape index (κ1) is 46.6. The molecule has 0 N–H and O–H groups in total. The minimum atomic E-state index is 0.0531. The molecule has 6 heterocycles. The van der Waals surface area contributed by atoms with Crippen LogP contribution in [0.4, 0.5) is 17.1 Å². The van der Waals surface area contributed by atoms with E-state index >= 15 is 0 Å². The average Bonchev–Trinajstić information content (AvgIpc) is 2.14. The van der Waals surface area contributed by atoms with Gasteiger partial charge in [-0.3, -0.25) is 0 Å². The van der Waals surface area contributed by atoms with Gasteiger partial charge in [-0.1, -0.05) is 176 Å². The van der Waals surface area contributed by atoms with Gasteiger partial charge in [0.05, 0.1) is 50.9 Å². The highest BCUT2D eigenvalue weighted by atomic mass is 16.3. The van der Waals surface area contributed by atoms with Gasteiger partial charge < -0.3 is 27.6 Å². The molecule has 1 aliphatic heterocycles. The molecule has 5 aromatic heterocycles. The number of rotatable bonds is 8. The smallest absolute Gasteiger partial charge is 0.155 e. The maximum absolute atomic E-state index is 6.99. The van der Waals surface area contributed by atoms with Crippen molar-refractivity contribution >= 4 is 111 Å². The second kappa shape index (κ2) is 17.7. The Hall–Kier alpha value is -10.0. The summed E-state index contributed by atoms with van der Waals surface area (Å²) >= 11 is 0. The van der Waals surface area contributed by atoms with Crippen LogP contribution in [0.25, 0.3) is 105 Å². The standard InChI is InChI=1S/C78H56N4O2/c1-3-19-47(20-4-1)49-23-15-25-51(43-49)79(67-35-17-31-57-53-27-9-13-37-71(53)83-77(57)67)65-41-39-55-61-45-70-62(46-69(61)81-63-33-11-7-29-59(63)73(65)75(55)81)56-40-42-66(74-60-30-8-12-34-64(60)82(70)76(56)74)80(52-26-16-24-50(44-52)48-21-5-2-6-22-48)68-36-18-32-58-54-28-10-14-38-72(54)84-78(58)68/h1,3-5,7-16,19-25,27-30,33-44,46,52,61H,2,6,17-18,26,31-32,45H2. The Morgan fingerprint density at radius 2 is 1.17 bits per heavy atom. The topological polar surface area (TPSA) is 42.1 Å². The summed E-state index contributed by atoms with van der Waals surface area (Å²) in [6.07, 6.45) is 29.5. The van der Waals surface area contributed by atoms with E-state index in [-0.39, 0.29) is 12.0 Å². The van der Waals surface area contributed by atoms with E-state index in [1.807, 2.05) is 0 Å². The van der Waals surface area contributed by atoms with Crippen molar-refractivity contribution in [2.75, 3.05) is 9.80 Å². The van der Waals surface area contributed by atoms with E-state index in [1.165, 1.54) is 121 Å². The largest absolute Gasteiger partial charge is 0.454 e. The van der Waals surface area contributed by atoms with Crippen LogP contribution in [0.2, 0.25) is 0 Å². The Bertz CT molecular complexity index is 5230. The van der Waals surface area contributed by atoms with Gasteiger partial charge >= 0.3 is 0 Å². The molecular formula is C78H56N4O2. The number of anilines is 3. The lowest BCUT2D eigenvalue weighted by molar-refractivity contribution is 0.582. The summed E-state index contributed by atoms with van der Waals surface area (Å²) < 4.78 is 19.2. The van der Waals surface area contributed by atoms with Gasteiger partial charge in [-0.15, -0.1) is 0 Å². The van der Waals surface area contributed by atoms with Crippen LogP contribution < -0.4 is 9.80 Å². The van der Waals surface area contributed by atoms with Gasteiger partial charge in [-0.25, -0.2) is 0 Å². The molecular weight excluding hydrogens is 1020 g/mol. The molecule has 0 amide bonds. The highest BCUT2D eigenvalue weighted by molar-refractivity contribution is 6.25. The third-order valence-corrected chi connectivity index (χ3v) is 19.4. The summed E-state index contributed by atoms with van der Waals surface area (Å²) in [5, 5.41) is 8.81. The Balaban J connectivity index is 0.815. The number of aryl methyl sites for hydroxylation is 2. The van der Waals surface area contributed by atoms with Crippen molar-refractivity contribution in [1.29, 1.82) is 0 Å². The Morgan fingerprint density at radius 3 is 1.95 bits per heavy atom. The van der Waals surface area contributed by atoms with Gasteiger partial charge in [0.25, 0.3) is 0 Å². The maximum atomic E-state index is 6.99. The van der Waals surface area contributed by atoms with Crippen LogP contribution >= 0.6 is 0 Å². The highest BCUT2D eigenvalue weighted by Crippen LogP contribution is 2.57. The lowest BCUT2D eigenvalue weighted by Crippen LogP contribution is -2.34. The van der Waals surface area contributed by atoms with E-state index < -0.39 is 0 Å². The zero-order valence-electron chi connectivity index (χ0n) is 46.4. The number of hydrogen-bond acceptors (Lipinski definition) is 4. The quantitative estimate of drug-likeness (QED) is 0.152. The molecule has 2 unspecified atom stereocenters. The fourth-order valence-electron chi connectivity index (χ4n) is 15.9. The summed E-state index contributed by atoms with van der Waals surface area (Å²) in [6.45, 7) is 0. The summed E-state index contributed by atoms with van der Waals surface area (Å²) in [4.78, 5) is 5.17. The fourth-order valence-corrected chi connectivity index (χ4v) is 15.9. The number of nitrogens with zero attached hydrogens (tertiary/aromatic N) is 4. The van der Waals surface area contributed by atoms with Crippen molar-refractivity contribution in [2.24, 2.45) is 0 Å². The van der Waals surface area contributed by atoms with Crippen LogP contribution in [-0.2, 0) is 19.3 Å². The number of para-hydroxylation sites is 4. The normalized spacial score (nSPS) is 17.9. The lowest BCUT2D eigenvalue weighted by Gasteiger charge is -2.36. The predicted octanol–water partition coefficient (Wildman–Crippen LogP) is 20.1. The second-order valence-corrected chi connectivity index (χ2v) is 23.8. The summed E-state index contributed by atoms with van der Waals surface area (Å²) in [6, 6.07) is 65.2. The molecule has 2 atom stereocenters. The minimum Gasteiger partial charge on any atom is -0.454 e. The first-order valence-corrected chi connectivity index (χ1v) is 30.2. The van der Waals surface area contributed by atoms with Crippen LogP contribution in [0.3, 0.4) is 0 Å². The first-order valence-electron chi connectivity index (χ1n) is 30.2. The third kappa shape index (κ3) is 6.51. The van der Waals surface area contributed by atoms with E-state index in [0.717, 1.165) is 96.8 Å². The van der Waals surface area contributed by atoms with Gasteiger partial charge in [0.15, 0.2) is 11.5 Å². The van der Waals surface area contributed by atoms with E-state index in [9.17, 15) is 0 Å². The Labute approximate surface area is 485 Å². The molecule has 19 rings (SSSR count). The molecule has 5 aliphatic carbocycles.